The molecule has 2 heterocycles. The van der Waals surface area contributed by atoms with Crippen molar-refractivity contribution in [3.8, 4) is 11.4 Å². The van der Waals surface area contributed by atoms with Gasteiger partial charge in [-0.1, -0.05) is 53.2 Å². The highest BCUT2D eigenvalue weighted by Gasteiger charge is 2.35. The molecule has 0 fully saturated rings. The topological polar surface area (TPSA) is 105 Å². The maximum absolute atomic E-state index is 12.9. The van der Waals surface area contributed by atoms with Crippen LogP contribution in [0.15, 0.2) is 53.7 Å². The summed E-state index contributed by atoms with van der Waals surface area (Å²) in [6, 6.07) is 15.3. The summed E-state index contributed by atoms with van der Waals surface area (Å²) >= 11 is 0. The van der Waals surface area contributed by atoms with Crippen molar-refractivity contribution in [2.75, 3.05) is 4.90 Å². The zero-order chi connectivity index (χ0) is 19.8. The Morgan fingerprint density at radius 1 is 1.11 bits per heavy atom. The molecule has 0 radical (unpaired) electrons. The molecule has 1 aromatic heterocycles. The minimum atomic E-state index is -0.147. The third kappa shape index (κ3) is 2.87. The highest BCUT2D eigenvalue weighted by molar-refractivity contribution is 6.10. The van der Waals surface area contributed by atoms with E-state index < -0.39 is 0 Å². The average Bonchev–Trinajstić information content (AvgIpc) is 3.03. The first-order valence-electron chi connectivity index (χ1n) is 8.84. The van der Waals surface area contributed by atoms with Gasteiger partial charge in [0.1, 0.15) is 11.5 Å². The van der Waals surface area contributed by atoms with Gasteiger partial charge in [0.05, 0.1) is 12.1 Å². The van der Waals surface area contributed by atoms with Gasteiger partial charge in [0.2, 0.25) is 5.91 Å². The number of aryl methyl sites for hydroxylation is 2. The van der Waals surface area contributed by atoms with Gasteiger partial charge in [0.15, 0.2) is 11.7 Å². The highest BCUT2D eigenvalue weighted by atomic mass is 16.4. The van der Waals surface area contributed by atoms with Gasteiger partial charge in [-0.3, -0.25) is 9.69 Å². The van der Waals surface area contributed by atoms with Crippen molar-refractivity contribution in [2.24, 2.45) is 10.9 Å². The Kier molecular flexibility index (Phi) is 4.27. The third-order valence-corrected chi connectivity index (χ3v) is 4.79. The van der Waals surface area contributed by atoms with Gasteiger partial charge in [-0.25, -0.2) is 9.97 Å². The van der Waals surface area contributed by atoms with Crippen molar-refractivity contribution in [1.82, 2.24) is 9.97 Å². The van der Waals surface area contributed by atoms with Gasteiger partial charge in [0, 0.05) is 11.1 Å². The second-order valence-electron chi connectivity index (χ2n) is 6.74. The second kappa shape index (κ2) is 6.77. The molecule has 0 saturated carbocycles. The molecule has 0 aliphatic carbocycles. The Morgan fingerprint density at radius 3 is 2.50 bits per heavy atom. The summed E-state index contributed by atoms with van der Waals surface area (Å²) in [5.41, 5.74) is 10.3. The molecule has 7 heteroatoms. The smallest absolute Gasteiger partial charge is 0.237 e. The van der Waals surface area contributed by atoms with Crippen LogP contribution in [0.25, 0.3) is 11.4 Å². The van der Waals surface area contributed by atoms with Crippen LogP contribution in [0.5, 0.6) is 0 Å². The second-order valence-corrected chi connectivity index (χ2v) is 6.74. The number of carbonyl (C=O) groups is 1. The number of benzene rings is 2. The van der Waals surface area contributed by atoms with E-state index in [-0.39, 0.29) is 23.9 Å². The maximum Gasteiger partial charge on any atom is 0.237 e. The molecule has 4 rings (SSSR count). The predicted molar refractivity (Wildman–Crippen MR) is 107 cm³/mol. The number of carbonyl (C=O) groups excluding carboxylic acids is 1. The van der Waals surface area contributed by atoms with E-state index in [1.54, 1.807) is 4.90 Å². The summed E-state index contributed by atoms with van der Waals surface area (Å²) in [6.07, 6.45) is 0.0867. The molecule has 0 unspecified atom stereocenters. The first-order chi connectivity index (χ1) is 13.5. The number of nitrogens with two attached hydrogens (primary N) is 1. The summed E-state index contributed by atoms with van der Waals surface area (Å²) in [6.45, 7) is 3.93. The molecule has 28 heavy (non-hydrogen) atoms. The number of aromatic nitrogens is 2. The molecule has 140 valence electrons. The summed E-state index contributed by atoms with van der Waals surface area (Å²) in [5, 5.41) is 12.3. The largest absolute Gasteiger partial charge is 0.409 e. The molecule has 1 aliphatic heterocycles. The number of rotatable bonds is 3. The Balaban J connectivity index is 1.96. The minimum Gasteiger partial charge on any atom is -0.409 e. The molecule has 7 nitrogen and oxygen atoms in total. The zero-order valence-corrected chi connectivity index (χ0v) is 15.5. The lowest BCUT2D eigenvalue weighted by atomic mass is 10.1. The number of hydrogen-bond acceptors (Lipinski definition) is 5. The summed E-state index contributed by atoms with van der Waals surface area (Å²) in [7, 11) is 0. The van der Waals surface area contributed by atoms with Crippen LogP contribution in [0.3, 0.4) is 0 Å². The fourth-order valence-corrected chi connectivity index (χ4v) is 3.32. The van der Waals surface area contributed by atoms with Crippen molar-refractivity contribution in [1.29, 1.82) is 0 Å². The van der Waals surface area contributed by atoms with E-state index in [1.807, 2.05) is 62.4 Å². The fourth-order valence-electron chi connectivity index (χ4n) is 3.32. The quantitative estimate of drug-likeness (QED) is 0.318. The Morgan fingerprint density at radius 2 is 1.82 bits per heavy atom. The molecule has 3 N–H and O–H groups in total. The lowest BCUT2D eigenvalue weighted by Gasteiger charge is -2.19. The van der Waals surface area contributed by atoms with Gasteiger partial charge in [-0.15, -0.1) is 0 Å². The Hall–Kier alpha value is -3.74. The molecule has 3 aromatic rings. The normalized spacial score (nSPS) is 13.7. The van der Waals surface area contributed by atoms with Crippen LogP contribution in [0.4, 0.5) is 11.5 Å². The number of oxime groups is 1. The van der Waals surface area contributed by atoms with Gasteiger partial charge < -0.3 is 10.9 Å². The minimum absolute atomic E-state index is 0.0867. The monoisotopic (exact) mass is 373 g/mol. The Bertz CT molecular complexity index is 1110. The number of hydrogen-bond donors (Lipinski definition) is 2. The van der Waals surface area contributed by atoms with E-state index in [4.69, 9.17) is 5.73 Å². The molecular formula is C21H19N5O2. The summed E-state index contributed by atoms with van der Waals surface area (Å²) in [4.78, 5) is 23.6. The van der Waals surface area contributed by atoms with E-state index in [1.165, 1.54) is 0 Å². The first-order valence-corrected chi connectivity index (χ1v) is 8.84. The number of nitrogens with zero attached hydrogens (tertiary/aromatic N) is 4. The van der Waals surface area contributed by atoms with Gasteiger partial charge in [-0.2, -0.15) is 0 Å². The molecule has 0 saturated heterocycles. The van der Waals surface area contributed by atoms with Gasteiger partial charge in [0.25, 0.3) is 0 Å². The summed E-state index contributed by atoms with van der Waals surface area (Å²) < 4.78 is 0. The Labute approximate surface area is 162 Å². The van der Waals surface area contributed by atoms with Gasteiger partial charge >= 0.3 is 0 Å². The molecule has 2 aromatic carbocycles. The maximum atomic E-state index is 12.9. The van der Waals surface area contributed by atoms with Crippen molar-refractivity contribution < 1.29 is 10.0 Å². The molecule has 1 amide bonds. The van der Waals surface area contributed by atoms with Crippen molar-refractivity contribution >= 4 is 23.2 Å². The number of amidine groups is 1. The first kappa shape index (κ1) is 17.7. The molecule has 0 spiro atoms. The van der Waals surface area contributed by atoms with Crippen LogP contribution >= 0.6 is 0 Å². The van der Waals surface area contributed by atoms with E-state index in [0.29, 0.717) is 17.2 Å². The van der Waals surface area contributed by atoms with Crippen LogP contribution in [-0.4, -0.2) is 26.9 Å². The van der Waals surface area contributed by atoms with Gasteiger partial charge in [-0.05, 0) is 25.5 Å². The number of anilines is 2. The fraction of sp³-hybridized carbons (Fsp3) is 0.143. The highest BCUT2D eigenvalue weighted by Crippen LogP contribution is 2.38. The van der Waals surface area contributed by atoms with Crippen molar-refractivity contribution in [2.45, 2.75) is 20.3 Å². The predicted octanol–water partition coefficient (Wildman–Crippen LogP) is 3.08. The van der Waals surface area contributed by atoms with E-state index in [2.05, 4.69) is 15.1 Å². The van der Waals surface area contributed by atoms with Crippen LogP contribution in [0, 0.1) is 13.8 Å². The van der Waals surface area contributed by atoms with Crippen LogP contribution in [0.1, 0.15) is 22.4 Å². The third-order valence-electron chi connectivity index (χ3n) is 4.79. The van der Waals surface area contributed by atoms with E-state index in [9.17, 15) is 10.0 Å². The van der Waals surface area contributed by atoms with E-state index in [0.717, 1.165) is 22.4 Å². The zero-order valence-electron chi connectivity index (χ0n) is 15.5. The average molecular weight is 373 g/mol. The molecule has 0 atom stereocenters. The molecule has 1 aliphatic rings. The molecular weight excluding hydrogens is 354 g/mol. The van der Waals surface area contributed by atoms with Crippen LogP contribution in [0.2, 0.25) is 0 Å². The van der Waals surface area contributed by atoms with Crippen LogP contribution in [-0.2, 0) is 11.2 Å². The van der Waals surface area contributed by atoms with Crippen LogP contribution < -0.4 is 10.6 Å². The number of para-hydroxylation sites is 1. The number of amides is 1. The van der Waals surface area contributed by atoms with Crippen molar-refractivity contribution in [3.63, 3.8) is 0 Å². The SMILES string of the molecule is Cc1ccc(-c2nc(/C(N)=N\O)c3c(n2)N(c2ccccc2C)C(=O)C3)cc1. The summed E-state index contributed by atoms with van der Waals surface area (Å²) in [5.74, 6) is 0.596. The van der Waals surface area contributed by atoms with Crippen molar-refractivity contribution in [3.05, 3.63) is 70.9 Å². The lowest BCUT2D eigenvalue weighted by molar-refractivity contribution is -0.116. The molecule has 0 bridgehead atoms. The van der Waals surface area contributed by atoms with E-state index >= 15 is 0 Å². The standard InChI is InChI=1S/C21H19N5O2/c1-12-7-9-14(10-8-12)20-23-18(19(22)25-28)15-11-17(27)26(21(15)24-20)16-6-4-3-5-13(16)2/h3-10,28H,11H2,1-2H3,(H2,22,25). The number of fused-ring (bicyclic) bond motifs is 1. The lowest BCUT2D eigenvalue weighted by Crippen LogP contribution is -2.22.